The average molecular weight is 341 g/mol. The van der Waals surface area contributed by atoms with Gasteiger partial charge in [-0.05, 0) is 49.4 Å². The molecule has 132 valence electrons. The van der Waals surface area contributed by atoms with Crippen LogP contribution >= 0.6 is 0 Å². The van der Waals surface area contributed by atoms with Crippen molar-refractivity contribution in [3.63, 3.8) is 0 Å². The molecule has 1 aromatic heterocycles. The fourth-order valence-electron chi connectivity index (χ4n) is 2.84. The third kappa shape index (κ3) is 4.82. The van der Waals surface area contributed by atoms with E-state index in [1.807, 2.05) is 36.5 Å². The molecule has 0 aliphatic carbocycles. The fourth-order valence-corrected chi connectivity index (χ4v) is 2.84. The van der Waals surface area contributed by atoms with E-state index < -0.39 is 6.04 Å². The summed E-state index contributed by atoms with van der Waals surface area (Å²) in [6.07, 6.45) is 6.94. The lowest BCUT2D eigenvalue weighted by atomic mass is 10.1. The van der Waals surface area contributed by atoms with Gasteiger partial charge in [0.15, 0.2) is 0 Å². The molecule has 1 saturated heterocycles. The van der Waals surface area contributed by atoms with Crippen LogP contribution in [0.4, 0.5) is 4.79 Å². The molecule has 1 aromatic carbocycles. The van der Waals surface area contributed by atoms with Crippen LogP contribution in [0.1, 0.15) is 24.8 Å². The molecule has 0 saturated carbocycles. The molecule has 1 aliphatic rings. The third-order valence-corrected chi connectivity index (χ3v) is 4.25. The molecule has 25 heavy (non-hydrogen) atoms. The Hall–Kier alpha value is -2.83. The van der Waals surface area contributed by atoms with Crippen molar-refractivity contribution in [3.05, 3.63) is 48.3 Å². The monoisotopic (exact) mass is 341 g/mol. The first kappa shape index (κ1) is 17.0. The van der Waals surface area contributed by atoms with E-state index in [2.05, 4.69) is 21.0 Å². The Bertz CT molecular complexity index is 697. The van der Waals surface area contributed by atoms with Crippen LogP contribution < -0.4 is 16.0 Å². The highest BCUT2D eigenvalue weighted by Gasteiger charge is 2.21. The third-order valence-electron chi connectivity index (χ3n) is 4.25. The van der Waals surface area contributed by atoms with Crippen LogP contribution in [-0.2, 0) is 11.2 Å². The van der Waals surface area contributed by atoms with E-state index in [1.165, 1.54) is 0 Å². The molecule has 2 heterocycles. The second-order valence-corrected chi connectivity index (χ2v) is 6.11. The van der Waals surface area contributed by atoms with E-state index in [4.69, 9.17) is 0 Å². The summed E-state index contributed by atoms with van der Waals surface area (Å²) < 4.78 is 1.80. The number of nitrogens with zero attached hydrogens (tertiary/aromatic N) is 2. The van der Waals surface area contributed by atoms with Gasteiger partial charge in [-0.2, -0.15) is 5.10 Å². The molecule has 3 N–H and O–H groups in total. The van der Waals surface area contributed by atoms with Gasteiger partial charge in [0, 0.05) is 25.5 Å². The van der Waals surface area contributed by atoms with Crippen molar-refractivity contribution in [2.45, 2.75) is 31.7 Å². The van der Waals surface area contributed by atoms with Crippen molar-refractivity contribution in [2.24, 2.45) is 0 Å². The van der Waals surface area contributed by atoms with Crippen LogP contribution in [0, 0.1) is 0 Å². The second kappa shape index (κ2) is 8.32. The van der Waals surface area contributed by atoms with Gasteiger partial charge in [0.25, 0.3) is 0 Å². The number of carbonyl (C=O) groups is 2. The highest BCUT2D eigenvalue weighted by molar-refractivity contribution is 5.87. The summed E-state index contributed by atoms with van der Waals surface area (Å²) in [4.78, 5) is 23.8. The molecule has 3 rings (SSSR count). The molecule has 7 nitrogen and oxygen atoms in total. The summed E-state index contributed by atoms with van der Waals surface area (Å²) >= 11 is 0. The zero-order valence-corrected chi connectivity index (χ0v) is 14.1. The summed E-state index contributed by atoms with van der Waals surface area (Å²) in [5.41, 5.74) is 2.13. The van der Waals surface area contributed by atoms with Gasteiger partial charge in [-0.15, -0.1) is 0 Å². The molecule has 7 heteroatoms. The number of amides is 3. The maximum Gasteiger partial charge on any atom is 0.315 e. The van der Waals surface area contributed by atoms with Gasteiger partial charge < -0.3 is 16.0 Å². The van der Waals surface area contributed by atoms with E-state index in [0.29, 0.717) is 19.5 Å². The van der Waals surface area contributed by atoms with Crippen LogP contribution in [0.5, 0.6) is 0 Å². The summed E-state index contributed by atoms with van der Waals surface area (Å²) in [7, 11) is 0. The first-order valence-corrected chi connectivity index (χ1v) is 8.63. The maximum absolute atomic E-state index is 12.0. The molecule has 0 bridgehead atoms. The Labute approximate surface area is 146 Å². The largest absolute Gasteiger partial charge is 0.354 e. The minimum atomic E-state index is -0.434. The first-order valence-electron chi connectivity index (χ1n) is 8.63. The normalized spacial score (nSPS) is 17.4. The highest BCUT2D eigenvalue weighted by atomic mass is 16.2. The molecule has 1 fully saturated rings. The van der Waals surface area contributed by atoms with Gasteiger partial charge >= 0.3 is 6.03 Å². The van der Waals surface area contributed by atoms with Crippen molar-refractivity contribution in [2.75, 3.05) is 13.1 Å². The summed E-state index contributed by atoms with van der Waals surface area (Å²) in [6.45, 7) is 1.20. The van der Waals surface area contributed by atoms with E-state index in [0.717, 1.165) is 30.5 Å². The van der Waals surface area contributed by atoms with Crippen LogP contribution in [0.15, 0.2) is 42.7 Å². The van der Waals surface area contributed by atoms with Crippen molar-refractivity contribution < 1.29 is 9.59 Å². The van der Waals surface area contributed by atoms with Crippen molar-refractivity contribution in [1.82, 2.24) is 25.7 Å². The van der Waals surface area contributed by atoms with E-state index in [1.54, 1.807) is 10.9 Å². The summed E-state index contributed by atoms with van der Waals surface area (Å²) in [5.74, 6) is -0.0955. The lowest BCUT2D eigenvalue weighted by Crippen LogP contribution is -2.49. The van der Waals surface area contributed by atoms with Gasteiger partial charge in [-0.3, -0.25) is 4.79 Å². The topological polar surface area (TPSA) is 88.1 Å². The molecule has 0 unspecified atom stereocenters. The first-order chi connectivity index (χ1) is 12.2. The molecule has 1 aliphatic heterocycles. The van der Waals surface area contributed by atoms with Gasteiger partial charge in [0.2, 0.25) is 5.91 Å². The summed E-state index contributed by atoms with van der Waals surface area (Å²) in [5, 5.41) is 12.6. The number of nitrogens with one attached hydrogen (secondary N) is 3. The van der Waals surface area contributed by atoms with Crippen molar-refractivity contribution in [1.29, 1.82) is 0 Å². The Morgan fingerprint density at radius 1 is 1.28 bits per heavy atom. The van der Waals surface area contributed by atoms with Gasteiger partial charge in [0.05, 0.1) is 5.69 Å². The zero-order chi connectivity index (χ0) is 17.5. The molecular formula is C18H23N5O2. The maximum atomic E-state index is 12.0. The minimum absolute atomic E-state index is 0.0955. The van der Waals surface area contributed by atoms with Crippen molar-refractivity contribution in [3.8, 4) is 5.69 Å². The van der Waals surface area contributed by atoms with Crippen LogP contribution in [0.2, 0.25) is 0 Å². The van der Waals surface area contributed by atoms with Gasteiger partial charge in [-0.1, -0.05) is 12.1 Å². The number of carbonyl (C=O) groups excluding carboxylic acids is 2. The minimum Gasteiger partial charge on any atom is -0.354 e. The number of hydrogen-bond acceptors (Lipinski definition) is 3. The number of rotatable bonds is 5. The predicted octanol–water partition coefficient (Wildman–Crippen LogP) is 1.38. The number of aromatic nitrogens is 2. The summed E-state index contributed by atoms with van der Waals surface area (Å²) in [6, 6.07) is 9.19. The van der Waals surface area contributed by atoms with E-state index in [-0.39, 0.29) is 11.9 Å². The number of hydrogen-bond donors (Lipinski definition) is 3. The lowest BCUT2D eigenvalue weighted by Gasteiger charge is -2.15. The molecule has 1 atom stereocenters. The standard InChI is InChI=1S/C18H23N5O2/c24-17-16(4-1-2-10-19-17)22-18(25)20-12-9-14-5-7-15(8-6-14)23-13-3-11-21-23/h3,5-8,11,13,16H,1-2,4,9-10,12H2,(H,19,24)(H2,20,22,25)/t16-/m1/s1. The quantitative estimate of drug-likeness (QED) is 0.768. The molecular weight excluding hydrogens is 318 g/mol. The Morgan fingerprint density at radius 2 is 2.12 bits per heavy atom. The average Bonchev–Trinajstić information content (AvgIpc) is 3.08. The molecule has 2 aromatic rings. The van der Waals surface area contributed by atoms with Crippen LogP contribution in [0.3, 0.4) is 0 Å². The molecule has 0 spiro atoms. The van der Waals surface area contributed by atoms with Gasteiger partial charge in [0.1, 0.15) is 6.04 Å². The Morgan fingerprint density at radius 3 is 2.88 bits per heavy atom. The SMILES string of the molecule is O=C(NCCc1ccc(-n2cccn2)cc1)N[C@@H]1CCCCNC1=O. The van der Waals surface area contributed by atoms with Crippen molar-refractivity contribution >= 4 is 11.9 Å². The van der Waals surface area contributed by atoms with Crippen LogP contribution in [0.25, 0.3) is 5.69 Å². The van der Waals surface area contributed by atoms with E-state index in [9.17, 15) is 9.59 Å². The Kier molecular flexibility index (Phi) is 5.66. The number of urea groups is 1. The van der Waals surface area contributed by atoms with Gasteiger partial charge in [-0.25, -0.2) is 9.48 Å². The Balaban J connectivity index is 1.43. The lowest BCUT2D eigenvalue weighted by molar-refractivity contribution is -0.122. The van der Waals surface area contributed by atoms with Crippen LogP contribution in [-0.4, -0.2) is 40.9 Å². The highest BCUT2D eigenvalue weighted by Crippen LogP contribution is 2.09. The smallest absolute Gasteiger partial charge is 0.315 e. The molecule has 0 radical (unpaired) electrons. The fraction of sp³-hybridized carbons (Fsp3) is 0.389. The molecule has 3 amide bonds. The second-order valence-electron chi connectivity index (χ2n) is 6.11. The predicted molar refractivity (Wildman–Crippen MR) is 94.5 cm³/mol. The van der Waals surface area contributed by atoms with E-state index >= 15 is 0 Å². The zero-order valence-electron chi connectivity index (χ0n) is 14.1. The number of benzene rings is 1.